The second-order valence-corrected chi connectivity index (χ2v) is 4.67. The zero-order valence-corrected chi connectivity index (χ0v) is 12.0. The molecule has 0 aliphatic rings. The molecule has 4 nitrogen and oxygen atoms in total. The van der Waals surface area contributed by atoms with Crippen molar-refractivity contribution >= 4 is 11.7 Å². The van der Waals surface area contributed by atoms with E-state index >= 15 is 0 Å². The highest BCUT2D eigenvalue weighted by Crippen LogP contribution is 2.13. The van der Waals surface area contributed by atoms with Crippen LogP contribution in [0.5, 0.6) is 5.75 Å². The number of aryl methyl sites for hydroxylation is 2. The Morgan fingerprint density at radius 3 is 2.50 bits per heavy atom. The third-order valence-corrected chi connectivity index (χ3v) is 2.82. The van der Waals surface area contributed by atoms with Crippen LogP contribution in [-0.4, -0.2) is 12.5 Å². The predicted octanol–water partition coefficient (Wildman–Crippen LogP) is 2.77. The van der Waals surface area contributed by atoms with Gasteiger partial charge in [-0.25, -0.2) is 15.1 Å². The van der Waals surface area contributed by atoms with E-state index in [1.54, 1.807) is 24.3 Å². The van der Waals surface area contributed by atoms with E-state index in [-0.39, 0.29) is 5.91 Å². The quantitative estimate of drug-likeness (QED) is 0.929. The van der Waals surface area contributed by atoms with Gasteiger partial charge in [0, 0.05) is 6.07 Å². The summed E-state index contributed by atoms with van der Waals surface area (Å²) in [7, 11) is 0. The molecule has 2 N–H and O–H groups in total. The molecule has 0 aliphatic carbocycles. The Hall–Kier alpha value is -2.36. The maximum absolute atomic E-state index is 12.1. The van der Waals surface area contributed by atoms with Crippen LogP contribution in [0.15, 0.2) is 36.4 Å². The Labute approximate surface area is 118 Å². The highest BCUT2D eigenvalue weighted by molar-refractivity contribution is 6.03. The minimum atomic E-state index is -0.144. The van der Waals surface area contributed by atoms with Crippen LogP contribution < -0.4 is 15.0 Å². The molecule has 20 heavy (non-hydrogen) atoms. The molecule has 0 atom stereocenters. The Balaban J connectivity index is 2.11. The number of rotatable bonds is 4. The first kappa shape index (κ1) is 14.1. The van der Waals surface area contributed by atoms with E-state index in [9.17, 15) is 4.79 Å². The third-order valence-electron chi connectivity index (χ3n) is 2.82. The van der Waals surface area contributed by atoms with E-state index in [0.717, 1.165) is 17.0 Å². The summed E-state index contributed by atoms with van der Waals surface area (Å²) in [6.45, 7) is 6.49. The van der Waals surface area contributed by atoms with Crippen LogP contribution in [0.1, 0.15) is 28.5 Å². The molecule has 0 radical (unpaired) electrons. The molecule has 1 heterocycles. The van der Waals surface area contributed by atoms with Crippen molar-refractivity contribution in [3.05, 3.63) is 53.2 Å². The Bertz CT molecular complexity index is 586. The molecule has 2 aromatic rings. The lowest BCUT2D eigenvalue weighted by atomic mass is 10.2. The fourth-order valence-electron chi connectivity index (χ4n) is 2.03. The Kier molecular flexibility index (Phi) is 4.35. The van der Waals surface area contributed by atoms with Crippen molar-refractivity contribution in [3.8, 4) is 5.75 Å². The number of amides is 1. The van der Waals surface area contributed by atoms with Crippen LogP contribution in [0.4, 0.5) is 5.82 Å². The van der Waals surface area contributed by atoms with Crippen LogP contribution in [-0.2, 0) is 0 Å². The van der Waals surface area contributed by atoms with E-state index in [4.69, 9.17) is 4.74 Å². The van der Waals surface area contributed by atoms with E-state index in [2.05, 4.69) is 10.3 Å². The molecule has 0 spiro atoms. The van der Waals surface area contributed by atoms with Crippen molar-refractivity contribution < 1.29 is 14.5 Å². The molecular weight excluding hydrogens is 252 g/mol. The lowest BCUT2D eigenvalue weighted by Crippen LogP contribution is -2.21. The largest absolute Gasteiger partial charge is 0.494 e. The number of benzene rings is 1. The number of nitrogens with one attached hydrogen (secondary N) is 2. The lowest BCUT2D eigenvalue weighted by molar-refractivity contribution is -0.370. The molecule has 2 rings (SSSR count). The number of aromatic nitrogens is 1. The number of hydrogen-bond donors (Lipinski definition) is 1. The second kappa shape index (κ2) is 6.19. The van der Waals surface area contributed by atoms with Crippen molar-refractivity contribution in [2.24, 2.45) is 0 Å². The molecule has 0 unspecified atom stereocenters. The van der Waals surface area contributed by atoms with Crippen molar-refractivity contribution in [1.82, 2.24) is 0 Å². The van der Waals surface area contributed by atoms with Gasteiger partial charge in [-0.2, -0.15) is 0 Å². The lowest BCUT2D eigenvalue weighted by Gasteiger charge is -2.03. The van der Waals surface area contributed by atoms with Gasteiger partial charge in [-0.3, -0.25) is 0 Å². The summed E-state index contributed by atoms with van der Waals surface area (Å²) in [6.07, 6.45) is 0. The fourth-order valence-corrected chi connectivity index (χ4v) is 2.03. The number of ether oxygens (including phenoxy) is 1. The standard InChI is InChI=1S/C16H18N2O2/c1-4-20-14-7-5-13(6-8-14)16(19)18-15-10-11(2)9-12(3)17-15/h5-10H,4H2,1-3H3,(H,17,18,19)/p+1. The summed E-state index contributed by atoms with van der Waals surface area (Å²) >= 11 is 0. The molecule has 0 aliphatic heterocycles. The zero-order valence-electron chi connectivity index (χ0n) is 12.0. The second-order valence-electron chi connectivity index (χ2n) is 4.67. The van der Waals surface area contributed by atoms with Crippen LogP contribution in [0, 0.1) is 13.8 Å². The minimum absolute atomic E-state index is 0.144. The maximum Gasteiger partial charge on any atom is 0.339 e. The first-order valence-corrected chi connectivity index (χ1v) is 6.63. The highest BCUT2D eigenvalue weighted by atomic mass is 16.5. The van der Waals surface area contributed by atoms with Gasteiger partial charge in [0.25, 0.3) is 5.82 Å². The Morgan fingerprint density at radius 2 is 1.90 bits per heavy atom. The monoisotopic (exact) mass is 271 g/mol. The van der Waals surface area contributed by atoms with Gasteiger partial charge in [-0.15, -0.1) is 0 Å². The summed E-state index contributed by atoms with van der Waals surface area (Å²) in [5.41, 5.74) is 2.70. The summed E-state index contributed by atoms with van der Waals surface area (Å²) in [5.74, 6) is 1.32. The van der Waals surface area contributed by atoms with E-state index in [0.29, 0.717) is 18.0 Å². The molecule has 0 fully saturated rings. The average Bonchev–Trinajstić information content (AvgIpc) is 2.38. The molecular formula is C16H19N2O2+. The van der Waals surface area contributed by atoms with Gasteiger partial charge in [-0.05, 0) is 56.7 Å². The first-order valence-electron chi connectivity index (χ1n) is 6.63. The number of carbonyl (C=O) groups is 1. The summed E-state index contributed by atoms with van der Waals surface area (Å²) in [5, 5.41) is 2.86. The molecule has 0 saturated heterocycles. The average molecular weight is 271 g/mol. The number of pyridine rings is 1. The van der Waals surface area contributed by atoms with E-state index in [1.165, 1.54) is 0 Å². The molecule has 4 heteroatoms. The van der Waals surface area contributed by atoms with Gasteiger partial charge in [0.2, 0.25) is 0 Å². The summed E-state index contributed by atoms with van der Waals surface area (Å²) in [4.78, 5) is 15.3. The number of H-pyrrole nitrogens is 1. The molecule has 1 aromatic carbocycles. The van der Waals surface area contributed by atoms with E-state index in [1.807, 2.05) is 32.9 Å². The van der Waals surface area contributed by atoms with Gasteiger partial charge >= 0.3 is 5.91 Å². The number of aromatic amines is 1. The zero-order chi connectivity index (χ0) is 14.5. The third kappa shape index (κ3) is 3.57. The molecule has 1 amide bonds. The first-order chi connectivity index (χ1) is 9.58. The van der Waals surface area contributed by atoms with Crippen LogP contribution in [0.3, 0.4) is 0 Å². The maximum atomic E-state index is 12.1. The predicted molar refractivity (Wildman–Crippen MR) is 78.0 cm³/mol. The fraction of sp³-hybridized carbons (Fsp3) is 0.250. The SMILES string of the molecule is CCOc1ccc(C(=O)Nc2cc(C)cc(C)[nH+]2)cc1. The van der Waals surface area contributed by atoms with Crippen molar-refractivity contribution in [3.63, 3.8) is 0 Å². The number of hydrogen-bond acceptors (Lipinski definition) is 2. The smallest absolute Gasteiger partial charge is 0.339 e. The van der Waals surface area contributed by atoms with Gasteiger partial charge in [0.15, 0.2) is 0 Å². The summed E-state index contributed by atoms with van der Waals surface area (Å²) in [6, 6.07) is 11.0. The van der Waals surface area contributed by atoms with Crippen LogP contribution in [0.25, 0.3) is 0 Å². The molecule has 1 aromatic heterocycles. The minimum Gasteiger partial charge on any atom is -0.494 e. The topological polar surface area (TPSA) is 52.5 Å². The normalized spacial score (nSPS) is 10.2. The van der Waals surface area contributed by atoms with Crippen LogP contribution >= 0.6 is 0 Å². The van der Waals surface area contributed by atoms with Crippen molar-refractivity contribution in [2.45, 2.75) is 20.8 Å². The van der Waals surface area contributed by atoms with Gasteiger partial charge in [-0.1, -0.05) is 0 Å². The van der Waals surface area contributed by atoms with Crippen LogP contribution in [0.2, 0.25) is 0 Å². The van der Waals surface area contributed by atoms with Crippen molar-refractivity contribution in [1.29, 1.82) is 0 Å². The van der Waals surface area contributed by atoms with Crippen molar-refractivity contribution in [2.75, 3.05) is 11.9 Å². The molecule has 0 bridgehead atoms. The number of anilines is 1. The Morgan fingerprint density at radius 1 is 1.20 bits per heavy atom. The van der Waals surface area contributed by atoms with Gasteiger partial charge < -0.3 is 4.74 Å². The number of carbonyl (C=O) groups excluding carboxylic acids is 1. The molecule has 0 saturated carbocycles. The van der Waals surface area contributed by atoms with Gasteiger partial charge in [0.05, 0.1) is 17.9 Å². The van der Waals surface area contributed by atoms with Gasteiger partial charge in [0.1, 0.15) is 5.75 Å². The van der Waals surface area contributed by atoms with E-state index < -0.39 is 0 Å². The highest BCUT2D eigenvalue weighted by Gasteiger charge is 2.13. The molecule has 104 valence electrons. The summed E-state index contributed by atoms with van der Waals surface area (Å²) < 4.78 is 5.35.